The predicted molar refractivity (Wildman–Crippen MR) is 109 cm³/mol. The summed E-state index contributed by atoms with van der Waals surface area (Å²) in [4.78, 5) is 5.42. The molecule has 0 saturated heterocycles. The minimum atomic E-state index is 0.416. The highest BCUT2D eigenvalue weighted by atomic mass is 16.6. The molecule has 0 heterocycles. The van der Waals surface area contributed by atoms with Crippen LogP contribution >= 0.6 is 0 Å². The van der Waals surface area contributed by atoms with Crippen LogP contribution in [0.1, 0.15) is 85.5 Å². The maximum Gasteiger partial charge on any atom is 0.124 e. The van der Waals surface area contributed by atoms with Crippen LogP contribution in [-0.4, -0.2) is 5.71 Å². The summed E-state index contributed by atoms with van der Waals surface area (Å²) in [5.41, 5.74) is 3.93. The lowest BCUT2D eigenvalue weighted by Gasteiger charge is -2.58. The van der Waals surface area contributed by atoms with Crippen molar-refractivity contribution in [2.75, 3.05) is 0 Å². The molecule has 0 aliphatic heterocycles. The van der Waals surface area contributed by atoms with E-state index in [0.29, 0.717) is 22.5 Å². The van der Waals surface area contributed by atoms with Gasteiger partial charge < -0.3 is 4.84 Å². The van der Waals surface area contributed by atoms with Crippen LogP contribution in [0.25, 0.3) is 0 Å². The first-order chi connectivity index (χ1) is 12.4. The Balaban J connectivity index is 1.58. The highest BCUT2D eigenvalue weighted by molar-refractivity contribution is 5.85. The minimum Gasteiger partial charge on any atom is -0.362 e. The van der Waals surface area contributed by atoms with Gasteiger partial charge in [-0.2, -0.15) is 0 Å². The highest BCUT2D eigenvalue weighted by Crippen LogP contribution is 2.66. The zero-order valence-corrected chi connectivity index (χ0v) is 17.3. The molecule has 3 saturated carbocycles. The fourth-order valence-electron chi connectivity index (χ4n) is 7.65. The van der Waals surface area contributed by atoms with Gasteiger partial charge in [0.2, 0.25) is 0 Å². The van der Waals surface area contributed by atoms with Crippen molar-refractivity contribution >= 4 is 5.71 Å². The highest BCUT2D eigenvalue weighted by Gasteiger charge is 2.59. The largest absolute Gasteiger partial charge is 0.362 e. The molecular weight excluding hydrogens is 318 g/mol. The van der Waals surface area contributed by atoms with Gasteiger partial charge in [0.1, 0.15) is 5.76 Å². The third-order valence-corrected chi connectivity index (χ3v) is 8.88. The van der Waals surface area contributed by atoms with Crippen molar-refractivity contribution in [2.45, 2.75) is 85.5 Å². The van der Waals surface area contributed by atoms with Gasteiger partial charge in [0.15, 0.2) is 0 Å². The van der Waals surface area contributed by atoms with Crippen molar-refractivity contribution in [3.63, 3.8) is 0 Å². The average molecular weight is 356 g/mol. The Morgan fingerprint density at radius 1 is 1.12 bits per heavy atom. The summed E-state index contributed by atoms with van der Waals surface area (Å²) in [6, 6.07) is 0. The molecule has 144 valence electrons. The lowest BCUT2D eigenvalue weighted by atomic mass is 9.47. The molecule has 4 aliphatic carbocycles. The first kappa shape index (κ1) is 18.3. The second-order valence-electron chi connectivity index (χ2n) is 10.2. The van der Waals surface area contributed by atoms with E-state index < -0.39 is 0 Å². The van der Waals surface area contributed by atoms with Gasteiger partial charge in [-0.15, -0.1) is 0 Å². The lowest BCUT2D eigenvalue weighted by Crippen LogP contribution is -2.50. The van der Waals surface area contributed by atoms with E-state index in [0.717, 1.165) is 17.8 Å². The Morgan fingerprint density at radius 3 is 2.69 bits per heavy atom. The Labute approximate surface area is 160 Å². The summed E-state index contributed by atoms with van der Waals surface area (Å²) in [5.74, 6) is 3.99. The fraction of sp³-hybridized carbons (Fsp3) is 0.792. The summed E-state index contributed by atoms with van der Waals surface area (Å²) < 4.78 is 0. The Hall–Kier alpha value is -1.05. The zero-order valence-electron chi connectivity index (χ0n) is 17.3. The molecule has 2 nitrogen and oxygen atoms in total. The van der Waals surface area contributed by atoms with Crippen LogP contribution in [0.4, 0.5) is 0 Å². The van der Waals surface area contributed by atoms with E-state index in [-0.39, 0.29) is 0 Å². The molecule has 6 atom stereocenters. The van der Waals surface area contributed by atoms with Gasteiger partial charge in [-0.3, -0.25) is 0 Å². The van der Waals surface area contributed by atoms with Crippen LogP contribution < -0.4 is 0 Å². The van der Waals surface area contributed by atoms with E-state index in [1.54, 1.807) is 0 Å². The maximum absolute atomic E-state index is 5.42. The number of oxime groups is 1. The van der Waals surface area contributed by atoms with Gasteiger partial charge in [-0.1, -0.05) is 37.2 Å². The van der Waals surface area contributed by atoms with E-state index >= 15 is 0 Å². The molecule has 3 fully saturated rings. The standard InChI is InChI=1S/C24H37NO/c1-16(2)26-25-17(3)20-11-12-21-19-10-9-18-8-6-7-14-23(18,4)22(19)13-15-24(20,21)5/h8,19-22H,1,6-7,9-15H2,2-5H3/b25-17+. The third kappa shape index (κ3) is 2.70. The maximum atomic E-state index is 5.42. The van der Waals surface area contributed by atoms with Gasteiger partial charge in [-0.05, 0) is 100 Å². The van der Waals surface area contributed by atoms with Crippen LogP contribution in [0.2, 0.25) is 0 Å². The Kier molecular flexibility index (Phi) is 4.60. The third-order valence-electron chi connectivity index (χ3n) is 8.88. The molecule has 0 amide bonds. The first-order valence-corrected chi connectivity index (χ1v) is 10.9. The molecule has 0 radical (unpaired) electrons. The predicted octanol–water partition coefficient (Wildman–Crippen LogP) is 6.88. The average Bonchev–Trinajstić information content (AvgIpc) is 2.96. The monoisotopic (exact) mass is 355 g/mol. The SMILES string of the molecule is C=C(C)O/N=C(\C)C1CCC2C3CCC4=CCCCC4(C)C3CCC12C. The Bertz CT molecular complexity index is 647. The molecule has 0 bridgehead atoms. The molecule has 6 unspecified atom stereocenters. The number of hydrogen-bond donors (Lipinski definition) is 0. The quantitative estimate of drug-likeness (QED) is 0.234. The molecule has 0 N–H and O–H groups in total. The summed E-state index contributed by atoms with van der Waals surface area (Å²) in [7, 11) is 0. The van der Waals surface area contributed by atoms with E-state index in [1.807, 2.05) is 12.5 Å². The van der Waals surface area contributed by atoms with Crippen molar-refractivity contribution in [1.82, 2.24) is 0 Å². The summed E-state index contributed by atoms with van der Waals surface area (Å²) in [6.45, 7) is 13.0. The number of rotatable bonds is 3. The molecule has 4 aliphatic rings. The summed E-state index contributed by atoms with van der Waals surface area (Å²) in [5, 5.41) is 4.43. The fourth-order valence-corrected chi connectivity index (χ4v) is 7.65. The molecular formula is C24H37NO. The van der Waals surface area contributed by atoms with Crippen molar-refractivity contribution in [1.29, 1.82) is 0 Å². The van der Waals surface area contributed by atoms with Gasteiger partial charge in [-0.25, -0.2) is 0 Å². The smallest absolute Gasteiger partial charge is 0.124 e. The molecule has 0 aromatic heterocycles. The second-order valence-corrected chi connectivity index (χ2v) is 10.2. The lowest BCUT2D eigenvalue weighted by molar-refractivity contribution is -0.0433. The van der Waals surface area contributed by atoms with E-state index in [2.05, 4.69) is 38.6 Å². The number of nitrogens with zero attached hydrogens (tertiary/aromatic N) is 1. The summed E-state index contributed by atoms with van der Waals surface area (Å²) >= 11 is 0. The normalized spacial score (nSPS) is 45.2. The first-order valence-electron chi connectivity index (χ1n) is 10.9. The van der Waals surface area contributed by atoms with Crippen molar-refractivity contribution in [3.05, 3.63) is 24.0 Å². The van der Waals surface area contributed by atoms with Gasteiger partial charge in [0.25, 0.3) is 0 Å². The molecule has 0 aromatic rings. The van der Waals surface area contributed by atoms with Crippen LogP contribution in [0.15, 0.2) is 29.1 Å². The van der Waals surface area contributed by atoms with Gasteiger partial charge in [0, 0.05) is 5.92 Å². The van der Waals surface area contributed by atoms with E-state index in [4.69, 9.17) is 4.84 Å². The van der Waals surface area contributed by atoms with Crippen LogP contribution in [-0.2, 0) is 4.84 Å². The number of allylic oxidation sites excluding steroid dienone is 3. The van der Waals surface area contributed by atoms with Crippen molar-refractivity contribution in [3.8, 4) is 0 Å². The molecule has 4 rings (SSSR count). The van der Waals surface area contributed by atoms with Crippen LogP contribution in [0.3, 0.4) is 0 Å². The molecule has 0 spiro atoms. The zero-order chi connectivity index (χ0) is 18.5. The van der Waals surface area contributed by atoms with Gasteiger partial charge in [0.05, 0.1) is 5.71 Å². The van der Waals surface area contributed by atoms with E-state index in [1.165, 1.54) is 63.5 Å². The van der Waals surface area contributed by atoms with Gasteiger partial charge >= 0.3 is 0 Å². The molecule has 26 heavy (non-hydrogen) atoms. The van der Waals surface area contributed by atoms with Crippen molar-refractivity contribution in [2.24, 2.45) is 39.7 Å². The second kappa shape index (κ2) is 6.53. The number of hydrogen-bond acceptors (Lipinski definition) is 2. The topological polar surface area (TPSA) is 21.6 Å². The summed E-state index contributed by atoms with van der Waals surface area (Å²) in [6.07, 6.45) is 15.0. The van der Waals surface area contributed by atoms with Crippen molar-refractivity contribution < 1.29 is 4.84 Å². The molecule has 2 heteroatoms. The van der Waals surface area contributed by atoms with E-state index in [9.17, 15) is 0 Å². The minimum absolute atomic E-state index is 0.416. The Morgan fingerprint density at radius 2 is 1.92 bits per heavy atom. The van der Waals surface area contributed by atoms with Crippen LogP contribution in [0.5, 0.6) is 0 Å². The van der Waals surface area contributed by atoms with Crippen LogP contribution in [0, 0.1) is 34.5 Å². The number of fused-ring (bicyclic) bond motifs is 5. The molecule has 0 aromatic carbocycles.